The van der Waals surface area contributed by atoms with Crippen LogP contribution in [0.1, 0.15) is 122 Å². The molecule has 0 saturated carbocycles. The Labute approximate surface area is 172 Å². The summed E-state index contributed by atoms with van der Waals surface area (Å²) in [6.45, 7) is 2.24. The molecule has 6 N–H and O–H groups in total. The summed E-state index contributed by atoms with van der Waals surface area (Å²) in [5, 5.41) is 17.2. The number of amides is 2. The standard InChI is InChI=1S/C12H26O2.C10H20N2O2/c1-2-3-4-5-6-7-8-9-10-11-12(13)14;11-9(13)7-5-3-1-2-4-6-8-10(12)14/h12-14H,2-11H2,1H3;1-8H2,(H2,11,13)(H2,12,14). The predicted molar refractivity (Wildman–Crippen MR) is 115 cm³/mol. The van der Waals surface area contributed by atoms with E-state index in [1.165, 1.54) is 44.9 Å². The summed E-state index contributed by atoms with van der Waals surface area (Å²) in [6, 6.07) is 0. The SMILES string of the molecule is CCCCCCCCCCCC(O)O.NC(=O)CCCCCCCCC(N)=O. The fraction of sp³-hybridized carbons (Fsp3) is 0.909. The fourth-order valence-electron chi connectivity index (χ4n) is 2.94. The van der Waals surface area contributed by atoms with Gasteiger partial charge in [-0.2, -0.15) is 0 Å². The largest absolute Gasteiger partial charge is 0.370 e. The van der Waals surface area contributed by atoms with Crippen LogP contribution in [0.3, 0.4) is 0 Å². The number of rotatable bonds is 19. The first kappa shape index (κ1) is 29.1. The second kappa shape index (κ2) is 23.9. The Bertz CT molecular complexity index is 329. The lowest BCUT2D eigenvalue weighted by molar-refractivity contribution is -0.119. The number of nitrogens with two attached hydrogens (primary N) is 2. The van der Waals surface area contributed by atoms with Gasteiger partial charge in [0.2, 0.25) is 11.8 Å². The zero-order chi connectivity index (χ0) is 21.5. The summed E-state index contributed by atoms with van der Waals surface area (Å²) in [5.41, 5.74) is 10.00. The van der Waals surface area contributed by atoms with E-state index in [4.69, 9.17) is 21.7 Å². The van der Waals surface area contributed by atoms with Gasteiger partial charge in [0, 0.05) is 12.8 Å². The molecule has 168 valence electrons. The quantitative estimate of drug-likeness (QED) is 0.190. The van der Waals surface area contributed by atoms with Gasteiger partial charge in [-0.3, -0.25) is 9.59 Å². The number of aliphatic hydroxyl groups excluding tert-OH is 1. The molecule has 0 aliphatic heterocycles. The number of hydrogen-bond acceptors (Lipinski definition) is 4. The van der Waals surface area contributed by atoms with E-state index < -0.39 is 6.29 Å². The molecule has 0 aromatic rings. The van der Waals surface area contributed by atoms with Gasteiger partial charge in [0.1, 0.15) is 0 Å². The third-order valence-electron chi connectivity index (χ3n) is 4.66. The molecule has 6 heteroatoms. The first-order valence-electron chi connectivity index (χ1n) is 11.3. The van der Waals surface area contributed by atoms with Gasteiger partial charge >= 0.3 is 0 Å². The summed E-state index contributed by atoms with van der Waals surface area (Å²) >= 11 is 0. The van der Waals surface area contributed by atoms with Gasteiger partial charge in [0.05, 0.1) is 0 Å². The molecule has 0 spiro atoms. The van der Waals surface area contributed by atoms with Crippen LogP contribution in [-0.2, 0) is 9.59 Å². The topological polar surface area (TPSA) is 127 Å². The number of aliphatic hydroxyl groups is 2. The molecule has 6 nitrogen and oxygen atoms in total. The lowest BCUT2D eigenvalue weighted by Crippen LogP contribution is -2.09. The van der Waals surface area contributed by atoms with Crippen LogP contribution in [0.25, 0.3) is 0 Å². The molecule has 0 rings (SSSR count). The minimum Gasteiger partial charge on any atom is -0.370 e. The van der Waals surface area contributed by atoms with Gasteiger partial charge in [0.25, 0.3) is 0 Å². The highest BCUT2D eigenvalue weighted by molar-refractivity contribution is 5.73. The second-order valence-electron chi connectivity index (χ2n) is 7.65. The van der Waals surface area contributed by atoms with Crippen molar-refractivity contribution in [1.82, 2.24) is 0 Å². The van der Waals surface area contributed by atoms with Crippen LogP contribution in [0.5, 0.6) is 0 Å². The fourth-order valence-corrected chi connectivity index (χ4v) is 2.94. The molecule has 0 unspecified atom stereocenters. The van der Waals surface area contributed by atoms with Crippen molar-refractivity contribution in [1.29, 1.82) is 0 Å². The number of carbonyl (C=O) groups is 2. The van der Waals surface area contributed by atoms with E-state index in [-0.39, 0.29) is 11.8 Å². The van der Waals surface area contributed by atoms with E-state index in [0.29, 0.717) is 19.3 Å². The molecule has 0 aromatic heterocycles. The average molecular weight is 403 g/mol. The Hall–Kier alpha value is -1.14. The number of unbranched alkanes of at least 4 members (excludes halogenated alkanes) is 13. The van der Waals surface area contributed by atoms with Crippen molar-refractivity contribution in [3.05, 3.63) is 0 Å². The molecule has 28 heavy (non-hydrogen) atoms. The zero-order valence-corrected chi connectivity index (χ0v) is 18.2. The Morgan fingerprint density at radius 3 is 1.25 bits per heavy atom. The van der Waals surface area contributed by atoms with Crippen molar-refractivity contribution < 1.29 is 19.8 Å². The molecule has 0 atom stereocenters. The lowest BCUT2D eigenvalue weighted by Gasteiger charge is -2.03. The van der Waals surface area contributed by atoms with Gasteiger partial charge in [-0.25, -0.2) is 0 Å². The molecular formula is C22H46N2O4. The van der Waals surface area contributed by atoms with E-state index >= 15 is 0 Å². The number of carbonyl (C=O) groups excluding carboxylic acids is 2. The van der Waals surface area contributed by atoms with Gasteiger partial charge in [0.15, 0.2) is 6.29 Å². The molecule has 0 saturated heterocycles. The Balaban J connectivity index is 0. The lowest BCUT2D eigenvalue weighted by atomic mass is 10.1. The van der Waals surface area contributed by atoms with Crippen molar-refractivity contribution >= 4 is 11.8 Å². The van der Waals surface area contributed by atoms with Crippen molar-refractivity contribution in [2.75, 3.05) is 0 Å². The van der Waals surface area contributed by atoms with Gasteiger partial charge < -0.3 is 21.7 Å². The molecule has 0 fully saturated rings. The van der Waals surface area contributed by atoms with Crippen LogP contribution < -0.4 is 11.5 Å². The van der Waals surface area contributed by atoms with E-state index in [1.54, 1.807) is 0 Å². The van der Waals surface area contributed by atoms with Crippen molar-refractivity contribution in [3.63, 3.8) is 0 Å². The summed E-state index contributed by atoms with van der Waals surface area (Å²) in [5.74, 6) is -0.447. The van der Waals surface area contributed by atoms with Gasteiger partial charge in [-0.05, 0) is 25.7 Å². The van der Waals surface area contributed by atoms with Crippen LogP contribution in [0.15, 0.2) is 0 Å². The smallest absolute Gasteiger partial charge is 0.217 e. The molecule has 2 amide bonds. The van der Waals surface area contributed by atoms with E-state index in [1.807, 2.05) is 0 Å². The van der Waals surface area contributed by atoms with Crippen LogP contribution >= 0.6 is 0 Å². The molecular weight excluding hydrogens is 356 g/mol. The maximum absolute atomic E-state index is 10.4. The van der Waals surface area contributed by atoms with Crippen LogP contribution in [0.4, 0.5) is 0 Å². The summed E-state index contributed by atoms with van der Waals surface area (Å²) in [4.78, 5) is 20.8. The van der Waals surface area contributed by atoms with Crippen molar-refractivity contribution in [3.8, 4) is 0 Å². The number of hydrogen-bond donors (Lipinski definition) is 4. The second-order valence-corrected chi connectivity index (χ2v) is 7.65. The summed E-state index contributed by atoms with van der Waals surface area (Å²) < 4.78 is 0. The van der Waals surface area contributed by atoms with Gasteiger partial charge in [-0.1, -0.05) is 84.0 Å². The third-order valence-corrected chi connectivity index (χ3v) is 4.66. The molecule has 0 aliphatic carbocycles. The molecule has 0 bridgehead atoms. The van der Waals surface area contributed by atoms with Crippen LogP contribution in [-0.4, -0.2) is 28.3 Å². The normalized spacial score (nSPS) is 10.6. The Morgan fingerprint density at radius 2 is 0.929 bits per heavy atom. The van der Waals surface area contributed by atoms with Crippen LogP contribution in [0.2, 0.25) is 0 Å². The summed E-state index contributed by atoms with van der Waals surface area (Å²) in [6.07, 6.45) is 17.9. The Morgan fingerprint density at radius 1 is 0.607 bits per heavy atom. The summed E-state index contributed by atoms with van der Waals surface area (Å²) in [7, 11) is 0. The van der Waals surface area contributed by atoms with E-state index in [9.17, 15) is 9.59 Å². The van der Waals surface area contributed by atoms with Crippen LogP contribution in [0, 0.1) is 0 Å². The monoisotopic (exact) mass is 402 g/mol. The number of primary amides is 2. The van der Waals surface area contributed by atoms with Crippen molar-refractivity contribution in [2.45, 2.75) is 129 Å². The zero-order valence-electron chi connectivity index (χ0n) is 18.2. The Kier molecular flexibility index (Phi) is 24.8. The van der Waals surface area contributed by atoms with Gasteiger partial charge in [-0.15, -0.1) is 0 Å². The molecule has 0 aromatic carbocycles. The minimum absolute atomic E-state index is 0.223. The highest BCUT2D eigenvalue weighted by Gasteiger charge is 1.97. The highest BCUT2D eigenvalue weighted by Crippen LogP contribution is 2.11. The van der Waals surface area contributed by atoms with Crippen molar-refractivity contribution in [2.24, 2.45) is 11.5 Å². The molecule has 0 heterocycles. The van der Waals surface area contributed by atoms with E-state index in [2.05, 4.69) is 6.92 Å². The molecule has 0 aliphatic rings. The highest BCUT2D eigenvalue weighted by atomic mass is 16.5. The maximum atomic E-state index is 10.4. The predicted octanol–water partition coefficient (Wildman–Crippen LogP) is 4.30. The first-order chi connectivity index (χ1) is 13.4. The molecule has 0 radical (unpaired) electrons. The minimum atomic E-state index is -1.10. The average Bonchev–Trinajstić information content (AvgIpc) is 2.62. The third kappa shape index (κ3) is 32.5. The van der Waals surface area contributed by atoms with E-state index in [0.717, 1.165) is 51.4 Å². The maximum Gasteiger partial charge on any atom is 0.217 e. The first-order valence-corrected chi connectivity index (χ1v) is 11.3.